The topological polar surface area (TPSA) is 52.6 Å². The van der Waals surface area contributed by atoms with Crippen LogP contribution in [0, 0.1) is 0 Å². The number of ether oxygens (including phenoxy) is 2. The maximum Gasteiger partial charge on any atom is 0.339 e. The summed E-state index contributed by atoms with van der Waals surface area (Å²) in [5.74, 6) is -1.06. The lowest BCUT2D eigenvalue weighted by molar-refractivity contribution is -0.137. The van der Waals surface area contributed by atoms with Crippen LogP contribution in [0.1, 0.15) is 46.0 Å². The van der Waals surface area contributed by atoms with E-state index < -0.39 is 11.9 Å². The van der Waals surface area contributed by atoms with Crippen LogP contribution in [0.4, 0.5) is 0 Å². The molecule has 0 atom stereocenters. The summed E-state index contributed by atoms with van der Waals surface area (Å²) in [6, 6.07) is 0. The van der Waals surface area contributed by atoms with Gasteiger partial charge in [0.15, 0.2) is 0 Å². The lowest BCUT2D eigenvalue weighted by Gasteiger charge is -2.05. The van der Waals surface area contributed by atoms with E-state index in [1.54, 1.807) is 6.92 Å². The Morgan fingerprint density at radius 1 is 1.10 bits per heavy atom. The van der Waals surface area contributed by atoms with Crippen LogP contribution in [-0.4, -0.2) is 25.7 Å². The number of halogens is 1. The van der Waals surface area contributed by atoms with Crippen molar-refractivity contribution >= 4 is 23.5 Å². The van der Waals surface area contributed by atoms with Crippen molar-refractivity contribution < 1.29 is 19.1 Å². The maximum absolute atomic E-state index is 11.6. The van der Waals surface area contributed by atoms with E-state index in [1.165, 1.54) is 19.3 Å². The first kappa shape index (κ1) is 18.7. The zero-order chi connectivity index (χ0) is 15.4. The molecule has 0 N–H and O–H groups in total. The fraction of sp³-hybridized carbons (Fsp3) is 0.600. The Morgan fingerprint density at radius 3 is 2.35 bits per heavy atom. The van der Waals surface area contributed by atoms with E-state index in [9.17, 15) is 9.59 Å². The zero-order valence-corrected chi connectivity index (χ0v) is 13.2. The van der Waals surface area contributed by atoms with Gasteiger partial charge >= 0.3 is 11.9 Å². The van der Waals surface area contributed by atoms with Gasteiger partial charge in [-0.1, -0.05) is 37.8 Å². The van der Waals surface area contributed by atoms with Gasteiger partial charge in [0, 0.05) is 11.1 Å². The predicted octanol–water partition coefficient (Wildman–Crippen LogP) is 3.74. The average Bonchev–Trinajstić information content (AvgIpc) is 2.43. The van der Waals surface area contributed by atoms with Crippen molar-refractivity contribution in [3.05, 3.63) is 22.8 Å². The molecule has 0 heterocycles. The van der Waals surface area contributed by atoms with Crippen molar-refractivity contribution in [3.8, 4) is 0 Å². The van der Waals surface area contributed by atoms with E-state index in [0.29, 0.717) is 11.5 Å². The number of carbonyl (C=O) groups excluding carboxylic acids is 2. The van der Waals surface area contributed by atoms with Gasteiger partial charge in [-0.15, -0.1) is 0 Å². The van der Waals surface area contributed by atoms with Gasteiger partial charge in [-0.2, -0.15) is 0 Å². The number of esters is 2. The highest BCUT2D eigenvalue weighted by atomic mass is 35.5. The Kier molecular flexibility index (Phi) is 10.8. The molecule has 0 fully saturated rings. The molecular weight excluding hydrogens is 280 g/mol. The van der Waals surface area contributed by atoms with E-state index >= 15 is 0 Å². The third-order valence-electron chi connectivity index (χ3n) is 2.62. The molecule has 0 aliphatic carbocycles. The van der Waals surface area contributed by atoms with E-state index in [-0.39, 0.29) is 12.2 Å². The number of allylic oxidation sites excluding steroid dienone is 1. The standard InChI is InChI=1S/C15H23ClO4/c1-4-6-7-8-9-13(16)12(15(18)19-3)10-11-14(17)20-5-2/h10-11H,4-9H2,1-3H3/b11-10+,13-12-. The molecule has 0 spiro atoms. The van der Waals surface area contributed by atoms with E-state index in [4.69, 9.17) is 16.3 Å². The normalized spacial score (nSPS) is 12.2. The Labute approximate surface area is 125 Å². The van der Waals surface area contributed by atoms with Gasteiger partial charge in [-0.3, -0.25) is 0 Å². The Bertz CT molecular complexity index is 372. The molecule has 5 heteroatoms. The molecule has 0 bridgehead atoms. The monoisotopic (exact) mass is 302 g/mol. The number of methoxy groups -OCH3 is 1. The minimum Gasteiger partial charge on any atom is -0.465 e. The van der Waals surface area contributed by atoms with Crippen LogP contribution in [0.3, 0.4) is 0 Å². The summed E-state index contributed by atoms with van der Waals surface area (Å²) in [5, 5.41) is 0.411. The molecule has 0 rings (SSSR count). The van der Waals surface area contributed by atoms with Crippen LogP contribution < -0.4 is 0 Å². The largest absolute Gasteiger partial charge is 0.465 e. The number of unbranched alkanes of at least 4 members (excludes halogenated alkanes) is 3. The van der Waals surface area contributed by atoms with Crippen molar-refractivity contribution in [2.24, 2.45) is 0 Å². The van der Waals surface area contributed by atoms with Crippen LogP contribution in [-0.2, 0) is 19.1 Å². The molecule has 0 amide bonds. The Morgan fingerprint density at radius 2 is 1.80 bits per heavy atom. The molecule has 0 aliphatic heterocycles. The molecule has 0 radical (unpaired) electrons. The summed E-state index contributed by atoms with van der Waals surface area (Å²) < 4.78 is 9.42. The summed E-state index contributed by atoms with van der Waals surface area (Å²) in [5.41, 5.74) is 0.207. The summed E-state index contributed by atoms with van der Waals surface area (Å²) in [6.45, 7) is 4.12. The lowest BCUT2D eigenvalue weighted by atomic mass is 10.1. The number of hydrogen-bond donors (Lipinski definition) is 0. The van der Waals surface area contributed by atoms with Crippen molar-refractivity contribution in [1.29, 1.82) is 0 Å². The number of carbonyl (C=O) groups is 2. The number of hydrogen-bond acceptors (Lipinski definition) is 4. The Hall–Kier alpha value is -1.29. The summed E-state index contributed by atoms with van der Waals surface area (Å²) in [4.78, 5) is 22.9. The van der Waals surface area contributed by atoms with Gasteiger partial charge in [0.05, 0.1) is 19.3 Å². The molecule has 4 nitrogen and oxygen atoms in total. The SMILES string of the molecule is CCCCCC/C(Cl)=C(\C=C\C(=O)OCC)C(=O)OC. The average molecular weight is 303 g/mol. The molecule has 0 saturated heterocycles. The fourth-order valence-electron chi connectivity index (χ4n) is 1.56. The zero-order valence-electron chi connectivity index (χ0n) is 12.4. The van der Waals surface area contributed by atoms with E-state index in [0.717, 1.165) is 25.7 Å². The minimum absolute atomic E-state index is 0.207. The Balaban J connectivity index is 4.76. The lowest BCUT2D eigenvalue weighted by Crippen LogP contribution is -2.06. The third-order valence-corrected chi connectivity index (χ3v) is 3.01. The molecule has 0 aromatic heterocycles. The van der Waals surface area contributed by atoms with Crippen molar-refractivity contribution in [1.82, 2.24) is 0 Å². The first-order chi connectivity index (χ1) is 9.56. The van der Waals surface area contributed by atoms with Gasteiger partial charge < -0.3 is 9.47 Å². The smallest absolute Gasteiger partial charge is 0.339 e. The van der Waals surface area contributed by atoms with Gasteiger partial charge in [0.25, 0.3) is 0 Å². The first-order valence-electron chi connectivity index (χ1n) is 6.88. The van der Waals surface area contributed by atoms with Crippen LogP contribution in [0.5, 0.6) is 0 Å². The third kappa shape index (κ3) is 8.00. The van der Waals surface area contributed by atoms with Crippen LogP contribution in [0.15, 0.2) is 22.8 Å². The van der Waals surface area contributed by atoms with Crippen LogP contribution in [0.2, 0.25) is 0 Å². The molecule has 114 valence electrons. The van der Waals surface area contributed by atoms with Crippen LogP contribution >= 0.6 is 11.6 Å². The van der Waals surface area contributed by atoms with Crippen molar-refractivity contribution in [3.63, 3.8) is 0 Å². The molecular formula is C15H23ClO4. The summed E-state index contributed by atoms with van der Waals surface area (Å²) in [7, 11) is 1.28. The second-order valence-corrected chi connectivity index (χ2v) is 4.66. The highest BCUT2D eigenvalue weighted by Crippen LogP contribution is 2.20. The predicted molar refractivity (Wildman–Crippen MR) is 79.4 cm³/mol. The van der Waals surface area contributed by atoms with E-state index in [1.807, 2.05) is 0 Å². The quantitative estimate of drug-likeness (QED) is 0.282. The first-order valence-corrected chi connectivity index (χ1v) is 7.26. The molecule has 0 aliphatic rings. The van der Waals surface area contributed by atoms with E-state index in [2.05, 4.69) is 11.7 Å². The molecule has 0 aromatic rings. The molecule has 20 heavy (non-hydrogen) atoms. The van der Waals surface area contributed by atoms with Crippen LogP contribution in [0.25, 0.3) is 0 Å². The van der Waals surface area contributed by atoms with Gasteiger partial charge in [0.2, 0.25) is 0 Å². The summed E-state index contributed by atoms with van der Waals surface area (Å²) >= 11 is 6.14. The highest BCUT2D eigenvalue weighted by molar-refractivity contribution is 6.32. The fourth-order valence-corrected chi connectivity index (χ4v) is 1.84. The second kappa shape index (κ2) is 11.5. The second-order valence-electron chi connectivity index (χ2n) is 4.21. The molecule has 0 saturated carbocycles. The van der Waals surface area contributed by atoms with Gasteiger partial charge in [0.1, 0.15) is 0 Å². The molecule has 0 unspecified atom stereocenters. The number of rotatable bonds is 9. The van der Waals surface area contributed by atoms with Gasteiger partial charge in [-0.25, -0.2) is 9.59 Å². The van der Waals surface area contributed by atoms with Gasteiger partial charge in [-0.05, 0) is 25.8 Å². The maximum atomic E-state index is 11.6. The van der Waals surface area contributed by atoms with Crippen molar-refractivity contribution in [2.75, 3.05) is 13.7 Å². The highest BCUT2D eigenvalue weighted by Gasteiger charge is 2.12. The minimum atomic E-state index is -0.550. The van der Waals surface area contributed by atoms with Crippen molar-refractivity contribution in [2.45, 2.75) is 46.0 Å². The summed E-state index contributed by atoms with van der Waals surface area (Å²) in [6.07, 6.45) is 7.36. The molecule has 0 aromatic carbocycles.